The summed E-state index contributed by atoms with van der Waals surface area (Å²) in [4.78, 5) is 0. The first-order valence-corrected chi connectivity index (χ1v) is 6.10. The average Bonchev–Trinajstić information content (AvgIpc) is 2.70. The molecule has 2 aromatic carbocycles. The fourth-order valence-electron chi connectivity index (χ4n) is 2.52. The van der Waals surface area contributed by atoms with Crippen LogP contribution in [0.2, 0.25) is 0 Å². The van der Waals surface area contributed by atoms with Crippen molar-refractivity contribution in [1.29, 1.82) is 0 Å². The van der Waals surface area contributed by atoms with Gasteiger partial charge in [-0.05, 0) is 42.5 Å². The summed E-state index contributed by atoms with van der Waals surface area (Å²) in [5.74, 6) is 0. The van der Waals surface area contributed by atoms with Crippen molar-refractivity contribution in [3.63, 3.8) is 0 Å². The summed E-state index contributed by atoms with van der Waals surface area (Å²) in [5, 5.41) is 0. The van der Waals surface area contributed by atoms with Crippen molar-refractivity contribution >= 4 is 6.08 Å². The minimum atomic E-state index is 0. The third-order valence-corrected chi connectivity index (χ3v) is 3.42. The molecule has 2 aromatic rings. The van der Waals surface area contributed by atoms with Gasteiger partial charge < -0.3 is 0 Å². The molecule has 0 fully saturated rings. The summed E-state index contributed by atoms with van der Waals surface area (Å²) in [6.45, 7) is 4.34. The van der Waals surface area contributed by atoms with Gasteiger partial charge in [-0.25, -0.2) is 0 Å². The van der Waals surface area contributed by atoms with Crippen molar-refractivity contribution in [3.8, 4) is 11.1 Å². The van der Waals surface area contributed by atoms with E-state index in [2.05, 4.69) is 62.4 Å². The molecule has 18 heavy (non-hydrogen) atoms. The van der Waals surface area contributed by atoms with Crippen molar-refractivity contribution < 1.29 is 26.2 Å². The van der Waals surface area contributed by atoms with E-state index in [0.717, 1.165) is 6.42 Å². The second-order valence-electron chi connectivity index (χ2n) is 4.91. The predicted molar refractivity (Wildman–Crippen MR) is 74.0 cm³/mol. The second kappa shape index (κ2) is 5.37. The van der Waals surface area contributed by atoms with Crippen molar-refractivity contribution in [3.05, 3.63) is 64.7 Å². The van der Waals surface area contributed by atoms with Gasteiger partial charge in [0, 0.05) is 26.2 Å². The Labute approximate surface area is 128 Å². The number of fused-ring (bicyclic) bond motifs is 1. The zero-order chi connectivity index (χ0) is 11.8. The molecule has 0 spiro atoms. The molecule has 0 bridgehead atoms. The van der Waals surface area contributed by atoms with Crippen molar-refractivity contribution in [1.82, 2.24) is 0 Å². The summed E-state index contributed by atoms with van der Waals surface area (Å²) in [7, 11) is 0. The Morgan fingerprint density at radius 3 is 2.33 bits per heavy atom. The topological polar surface area (TPSA) is 0 Å². The van der Waals surface area contributed by atoms with Crippen molar-refractivity contribution in [2.75, 3.05) is 0 Å². The van der Waals surface area contributed by atoms with Crippen LogP contribution >= 0.6 is 0 Å². The molecule has 0 atom stereocenters. The average molecular weight is 312 g/mol. The summed E-state index contributed by atoms with van der Waals surface area (Å²) in [5.41, 5.74) is 8.32. The smallest absolute Gasteiger partial charge is 0 e. The van der Waals surface area contributed by atoms with Gasteiger partial charge >= 0.3 is 0 Å². The van der Waals surface area contributed by atoms with E-state index in [1.165, 1.54) is 33.4 Å². The molecule has 1 aliphatic rings. The van der Waals surface area contributed by atoms with Gasteiger partial charge in [-0.1, -0.05) is 59.7 Å². The Kier molecular flexibility index (Phi) is 4.02. The summed E-state index contributed by atoms with van der Waals surface area (Å²) in [6, 6.07) is 15.4. The summed E-state index contributed by atoms with van der Waals surface area (Å²) in [6.07, 6.45) is 3.43. The zero-order valence-corrected chi connectivity index (χ0v) is 13.3. The molecule has 0 unspecified atom stereocenters. The molecule has 3 rings (SSSR count). The maximum Gasteiger partial charge on any atom is 0 e. The maximum absolute atomic E-state index is 2.32. The number of rotatable bonds is 1. The van der Waals surface area contributed by atoms with E-state index in [1.807, 2.05) is 0 Å². The van der Waals surface area contributed by atoms with Gasteiger partial charge in [-0.15, -0.1) is 0 Å². The molecule has 88 valence electrons. The van der Waals surface area contributed by atoms with Crippen LogP contribution in [0.4, 0.5) is 0 Å². The monoisotopic (exact) mass is 310 g/mol. The molecule has 1 heteroatoms. The van der Waals surface area contributed by atoms with Gasteiger partial charge in [0.15, 0.2) is 0 Å². The van der Waals surface area contributed by atoms with Crippen LogP contribution in [0, 0.1) is 6.92 Å². The molecule has 0 heterocycles. The quantitative estimate of drug-likeness (QED) is 0.721. The number of hydrogen-bond donors (Lipinski definition) is 0. The molecule has 0 aliphatic heterocycles. The van der Waals surface area contributed by atoms with Crippen molar-refractivity contribution in [2.24, 2.45) is 0 Å². The minimum Gasteiger partial charge on any atom is -0.0683 e. The van der Waals surface area contributed by atoms with Crippen LogP contribution in [0.3, 0.4) is 0 Å². The van der Waals surface area contributed by atoms with E-state index in [4.69, 9.17) is 0 Å². The molecule has 0 N–H and O–H groups in total. The molecule has 0 radical (unpaired) electrons. The zero-order valence-electron chi connectivity index (χ0n) is 10.8. The Balaban J connectivity index is 0.00000120. The third kappa shape index (κ3) is 2.42. The molecule has 1 aliphatic carbocycles. The van der Waals surface area contributed by atoms with Gasteiger partial charge in [0.05, 0.1) is 0 Å². The Hall–Kier alpha value is -0.937. The molecule has 0 saturated carbocycles. The predicted octanol–water partition coefficient (Wildman–Crippen LogP) is 4.62. The molecule has 0 amide bonds. The fourth-order valence-corrected chi connectivity index (χ4v) is 2.52. The van der Waals surface area contributed by atoms with Crippen LogP contribution in [0.15, 0.2) is 48.0 Å². The Bertz CT molecular complexity index is 592. The second-order valence-corrected chi connectivity index (χ2v) is 4.91. The van der Waals surface area contributed by atoms with Gasteiger partial charge in [0.1, 0.15) is 0 Å². The maximum atomic E-state index is 2.32. The van der Waals surface area contributed by atoms with E-state index in [-0.39, 0.29) is 26.2 Å². The molecule has 0 saturated heterocycles. The largest absolute Gasteiger partial charge is 0.0683 e. The summed E-state index contributed by atoms with van der Waals surface area (Å²) < 4.78 is 0. The molecule has 0 aromatic heterocycles. The Morgan fingerprint density at radius 2 is 1.61 bits per heavy atom. The fraction of sp³-hybridized carbons (Fsp3) is 0.176. The normalized spacial score (nSPS) is 12.7. The van der Waals surface area contributed by atoms with Crippen LogP contribution in [0.1, 0.15) is 23.6 Å². The van der Waals surface area contributed by atoms with Crippen LogP contribution in [-0.4, -0.2) is 0 Å². The third-order valence-electron chi connectivity index (χ3n) is 3.42. The standard InChI is InChI=1S/C17H16.Zr/c1-12-6-8-14(9-7-12)16-5-3-4-15-10-13(2)11-17(15)16;/h3-9,11H,10H2,1-2H3;. The van der Waals surface area contributed by atoms with E-state index < -0.39 is 0 Å². The summed E-state index contributed by atoms with van der Waals surface area (Å²) >= 11 is 0. The van der Waals surface area contributed by atoms with Gasteiger partial charge in [0.25, 0.3) is 0 Å². The van der Waals surface area contributed by atoms with Gasteiger partial charge in [-0.2, -0.15) is 0 Å². The first-order chi connectivity index (χ1) is 8.24. The number of aryl methyl sites for hydroxylation is 1. The Morgan fingerprint density at radius 1 is 0.889 bits per heavy atom. The first-order valence-electron chi connectivity index (χ1n) is 6.10. The van der Waals surface area contributed by atoms with Gasteiger partial charge in [0.2, 0.25) is 0 Å². The number of hydrogen-bond acceptors (Lipinski definition) is 0. The molecular formula is C17H16Zr. The van der Waals surface area contributed by atoms with E-state index in [1.54, 1.807) is 0 Å². The van der Waals surface area contributed by atoms with Crippen LogP contribution < -0.4 is 0 Å². The van der Waals surface area contributed by atoms with E-state index >= 15 is 0 Å². The van der Waals surface area contributed by atoms with Crippen LogP contribution in [0.25, 0.3) is 17.2 Å². The van der Waals surface area contributed by atoms with Crippen molar-refractivity contribution in [2.45, 2.75) is 20.3 Å². The minimum absolute atomic E-state index is 0. The van der Waals surface area contributed by atoms with E-state index in [0.29, 0.717) is 0 Å². The number of benzene rings is 2. The van der Waals surface area contributed by atoms with E-state index in [9.17, 15) is 0 Å². The number of allylic oxidation sites excluding steroid dienone is 1. The SMILES string of the molecule is CC1=Cc2c(cccc2-c2ccc(C)cc2)C1.[Zr]. The molecular weight excluding hydrogens is 295 g/mol. The first kappa shape index (κ1) is 13.5. The van der Waals surface area contributed by atoms with Crippen LogP contribution in [-0.2, 0) is 32.6 Å². The van der Waals surface area contributed by atoms with Crippen LogP contribution in [0.5, 0.6) is 0 Å². The molecule has 0 nitrogen and oxygen atoms in total. The van der Waals surface area contributed by atoms with Gasteiger partial charge in [-0.3, -0.25) is 0 Å².